The van der Waals surface area contributed by atoms with E-state index in [2.05, 4.69) is 57.8 Å². The zero-order valence-corrected chi connectivity index (χ0v) is 20.6. The second-order valence-electron chi connectivity index (χ2n) is 7.57. The summed E-state index contributed by atoms with van der Waals surface area (Å²) in [6, 6.07) is 8.65. The van der Waals surface area contributed by atoms with Crippen LogP contribution in [0.15, 0.2) is 33.7 Å². The fourth-order valence-corrected chi connectivity index (χ4v) is 3.82. The number of benzene rings is 1. The highest BCUT2D eigenvalue weighted by atomic mass is 127. The summed E-state index contributed by atoms with van der Waals surface area (Å²) in [6.45, 7) is 8.02. The summed E-state index contributed by atoms with van der Waals surface area (Å²) in [5.41, 5.74) is 1.61. The van der Waals surface area contributed by atoms with E-state index in [0.717, 1.165) is 69.3 Å². The molecule has 0 amide bonds. The summed E-state index contributed by atoms with van der Waals surface area (Å²) in [6.07, 6.45) is 4.54. The van der Waals surface area contributed by atoms with Crippen molar-refractivity contribution in [2.24, 2.45) is 10.9 Å². The van der Waals surface area contributed by atoms with Gasteiger partial charge >= 0.3 is 0 Å². The van der Waals surface area contributed by atoms with Crippen molar-refractivity contribution in [3.05, 3.63) is 34.3 Å². The standard InChI is InChI=1S/C21H32BrN3O2.HI/c1-2-23-20(24-10-4-11-26-14-17-7-12-27-15-17)25-16-21(8-9-21)18-5-3-6-19(22)13-18;/h3,5-6,13,17H,2,4,7-12,14-16H2,1H3,(H2,23,24,25);1H. The van der Waals surface area contributed by atoms with Crippen LogP contribution in [0.5, 0.6) is 0 Å². The molecule has 2 fully saturated rings. The number of hydrogen-bond donors (Lipinski definition) is 2. The number of halogens is 2. The minimum atomic E-state index is 0. The molecule has 1 atom stereocenters. The quantitative estimate of drug-likeness (QED) is 0.194. The van der Waals surface area contributed by atoms with Crippen LogP contribution < -0.4 is 10.6 Å². The summed E-state index contributed by atoms with van der Waals surface area (Å²) < 4.78 is 12.3. The van der Waals surface area contributed by atoms with Crippen LogP contribution >= 0.6 is 39.9 Å². The molecular formula is C21H33BrIN3O2. The summed E-state index contributed by atoms with van der Waals surface area (Å²) in [5.74, 6) is 1.49. The number of aliphatic imine (C=N–C) groups is 1. The maximum Gasteiger partial charge on any atom is 0.191 e. The molecule has 1 saturated carbocycles. The highest BCUT2D eigenvalue weighted by Gasteiger charge is 2.44. The molecular weight excluding hydrogens is 533 g/mol. The number of nitrogens with zero attached hydrogens (tertiary/aromatic N) is 1. The van der Waals surface area contributed by atoms with Gasteiger partial charge in [0.05, 0.1) is 19.8 Å². The van der Waals surface area contributed by atoms with Crippen LogP contribution in [0.4, 0.5) is 0 Å². The van der Waals surface area contributed by atoms with Crippen molar-refractivity contribution in [1.82, 2.24) is 10.6 Å². The number of rotatable bonds is 10. The van der Waals surface area contributed by atoms with Gasteiger partial charge in [-0.2, -0.15) is 0 Å². The lowest BCUT2D eigenvalue weighted by molar-refractivity contribution is 0.0888. The van der Waals surface area contributed by atoms with Gasteiger partial charge in [-0.3, -0.25) is 4.99 Å². The molecule has 2 N–H and O–H groups in total. The van der Waals surface area contributed by atoms with Crippen LogP contribution in [0.25, 0.3) is 0 Å². The monoisotopic (exact) mass is 565 g/mol. The second-order valence-corrected chi connectivity index (χ2v) is 8.49. The van der Waals surface area contributed by atoms with Gasteiger partial charge in [0.25, 0.3) is 0 Å². The molecule has 1 unspecified atom stereocenters. The number of ether oxygens (including phenoxy) is 2. The van der Waals surface area contributed by atoms with Crippen molar-refractivity contribution >= 4 is 45.9 Å². The number of hydrogen-bond acceptors (Lipinski definition) is 3. The number of guanidine groups is 1. The third-order valence-corrected chi connectivity index (χ3v) is 5.80. The second kappa shape index (κ2) is 12.3. The maximum atomic E-state index is 5.77. The maximum absolute atomic E-state index is 5.77. The molecule has 28 heavy (non-hydrogen) atoms. The first-order valence-electron chi connectivity index (χ1n) is 10.2. The summed E-state index contributed by atoms with van der Waals surface area (Å²) in [5, 5.41) is 6.79. The molecule has 1 heterocycles. The molecule has 1 saturated heterocycles. The van der Waals surface area contributed by atoms with E-state index in [-0.39, 0.29) is 29.4 Å². The predicted molar refractivity (Wildman–Crippen MR) is 129 cm³/mol. The van der Waals surface area contributed by atoms with Crippen molar-refractivity contribution in [2.45, 2.75) is 38.0 Å². The SMILES string of the molecule is CCNC(=NCC1(c2cccc(Br)c2)CC1)NCCCOCC1CCOC1.I. The van der Waals surface area contributed by atoms with Gasteiger partial charge in [0.2, 0.25) is 0 Å². The molecule has 7 heteroatoms. The van der Waals surface area contributed by atoms with Crippen molar-refractivity contribution in [3.63, 3.8) is 0 Å². The average molecular weight is 566 g/mol. The molecule has 0 bridgehead atoms. The molecule has 1 aliphatic heterocycles. The lowest BCUT2D eigenvalue weighted by Crippen LogP contribution is -2.38. The number of nitrogens with one attached hydrogen (secondary N) is 2. The molecule has 3 rings (SSSR count). The van der Waals surface area contributed by atoms with Gasteiger partial charge in [0.15, 0.2) is 5.96 Å². The molecule has 158 valence electrons. The third-order valence-electron chi connectivity index (χ3n) is 5.31. The minimum absolute atomic E-state index is 0. The van der Waals surface area contributed by atoms with Gasteiger partial charge in [-0.1, -0.05) is 28.1 Å². The Morgan fingerprint density at radius 2 is 2.21 bits per heavy atom. The fourth-order valence-electron chi connectivity index (χ4n) is 3.43. The molecule has 0 aromatic heterocycles. The van der Waals surface area contributed by atoms with Crippen molar-refractivity contribution in [1.29, 1.82) is 0 Å². The minimum Gasteiger partial charge on any atom is -0.381 e. The van der Waals surface area contributed by atoms with Crippen LogP contribution in [-0.4, -0.2) is 52.0 Å². The van der Waals surface area contributed by atoms with E-state index in [0.29, 0.717) is 5.92 Å². The Morgan fingerprint density at radius 1 is 1.36 bits per heavy atom. The Morgan fingerprint density at radius 3 is 2.89 bits per heavy atom. The van der Waals surface area contributed by atoms with E-state index in [1.54, 1.807) is 0 Å². The van der Waals surface area contributed by atoms with E-state index in [1.807, 2.05) is 0 Å². The zero-order chi connectivity index (χ0) is 19.0. The van der Waals surface area contributed by atoms with Crippen molar-refractivity contribution < 1.29 is 9.47 Å². The largest absolute Gasteiger partial charge is 0.381 e. The summed E-state index contributed by atoms with van der Waals surface area (Å²) in [7, 11) is 0. The normalized spacial score (nSPS) is 20.5. The van der Waals surface area contributed by atoms with E-state index in [9.17, 15) is 0 Å². The molecule has 1 aromatic rings. The first-order chi connectivity index (χ1) is 13.2. The first kappa shape index (κ1) is 23.9. The van der Waals surface area contributed by atoms with Crippen molar-refractivity contribution in [2.75, 3.05) is 46.1 Å². The van der Waals surface area contributed by atoms with E-state index >= 15 is 0 Å². The van der Waals surface area contributed by atoms with Crippen LogP contribution in [0, 0.1) is 5.92 Å². The lowest BCUT2D eigenvalue weighted by Gasteiger charge is -2.16. The smallest absolute Gasteiger partial charge is 0.191 e. The van der Waals surface area contributed by atoms with E-state index in [1.165, 1.54) is 18.4 Å². The Hall–Kier alpha value is -0.380. The molecule has 1 aromatic carbocycles. The summed E-state index contributed by atoms with van der Waals surface area (Å²) in [4.78, 5) is 4.86. The Balaban J connectivity index is 0.00000280. The highest BCUT2D eigenvalue weighted by molar-refractivity contribution is 14.0. The molecule has 0 radical (unpaired) electrons. The topological polar surface area (TPSA) is 54.9 Å². The van der Waals surface area contributed by atoms with Crippen LogP contribution in [-0.2, 0) is 14.9 Å². The third kappa shape index (κ3) is 7.46. The van der Waals surface area contributed by atoms with Crippen molar-refractivity contribution in [3.8, 4) is 0 Å². The van der Waals surface area contributed by atoms with Gasteiger partial charge < -0.3 is 20.1 Å². The van der Waals surface area contributed by atoms with Gasteiger partial charge in [-0.05, 0) is 50.3 Å². The Bertz CT molecular complexity index is 619. The van der Waals surface area contributed by atoms with Gasteiger partial charge in [-0.15, -0.1) is 24.0 Å². The predicted octanol–water partition coefficient (Wildman–Crippen LogP) is 4.10. The Labute approximate surface area is 194 Å². The van der Waals surface area contributed by atoms with Gasteiger partial charge in [0.1, 0.15) is 0 Å². The highest BCUT2D eigenvalue weighted by Crippen LogP contribution is 2.48. The van der Waals surface area contributed by atoms with Crippen LogP contribution in [0.2, 0.25) is 0 Å². The average Bonchev–Trinajstić information content (AvgIpc) is 3.29. The molecule has 2 aliphatic rings. The fraction of sp³-hybridized carbons (Fsp3) is 0.667. The molecule has 1 aliphatic carbocycles. The van der Waals surface area contributed by atoms with E-state index < -0.39 is 0 Å². The van der Waals surface area contributed by atoms with Gasteiger partial charge in [-0.25, -0.2) is 0 Å². The van der Waals surface area contributed by atoms with Gasteiger partial charge in [0, 0.05) is 42.1 Å². The van der Waals surface area contributed by atoms with Crippen LogP contribution in [0.3, 0.4) is 0 Å². The Kier molecular flexibility index (Phi) is 10.5. The van der Waals surface area contributed by atoms with Crippen LogP contribution in [0.1, 0.15) is 38.2 Å². The molecule has 5 nitrogen and oxygen atoms in total. The first-order valence-corrected chi connectivity index (χ1v) is 10.9. The van der Waals surface area contributed by atoms with E-state index in [4.69, 9.17) is 14.5 Å². The molecule has 0 spiro atoms. The zero-order valence-electron chi connectivity index (χ0n) is 16.7. The summed E-state index contributed by atoms with van der Waals surface area (Å²) >= 11 is 3.58. The lowest BCUT2D eigenvalue weighted by atomic mass is 9.96.